The molecule has 1 amide bonds. The van der Waals surface area contributed by atoms with Gasteiger partial charge in [-0.3, -0.25) is 14.2 Å². The third kappa shape index (κ3) is 3.50. The van der Waals surface area contributed by atoms with Crippen molar-refractivity contribution in [2.24, 2.45) is 11.8 Å². The number of benzene rings is 1. The highest BCUT2D eigenvalue weighted by atomic mass is 32.1. The fourth-order valence-corrected chi connectivity index (χ4v) is 5.89. The summed E-state index contributed by atoms with van der Waals surface area (Å²) in [5.41, 5.74) is 1.77. The summed E-state index contributed by atoms with van der Waals surface area (Å²) in [4.78, 5) is 33.3. The Hall–Kier alpha value is -2.47. The molecule has 0 bridgehead atoms. The molecule has 0 radical (unpaired) electrons. The predicted octanol–water partition coefficient (Wildman–Crippen LogP) is 4.16. The minimum atomic E-state index is -0.129. The fourth-order valence-electron chi connectivity index (χ4n) is 4.98. The topological polar surface area (TPSA) is 55.2 Å². The number of aromatic nitrogens is 2. The van der Waals surface area contributed by atoms with Crippen molar-refractivity contribution in [1.29, 1.82) is 0 Å². The lowest BCUT2D eigenvalue weighted by atomic mass is 9.75. The number of rotatable bonds is 3. The average Bonchev–Trinajstić information content (AvgIpc) is 3.21. The summed E-state index contributed by atoms with van der Waals surface area (Å²) >= 11 is 1.47. The van der Waals surface area contributed by atoms with Crippen LogP contribution in [0.3, 0.4) is 0 Å². The molecule has 5 rings (SSSR count). The quantitative estimate of drug-likeness (QED) is 0.655. The smallest absolute Gasteiger partial charge is 0.263 e. The van der Waals surface area contributed by atoms with Gasteiger partial charge in [-0.25, -0.2) is 4.98 Å². The lowest BCUT2D eigenvalue weighted by Gasteiger charge is -2.41. The van der Waals surface area contributed by atoms with E-state index in [1.165, 1.54) is 47.9 Å². The lowest BCUT2D eigenvalue weighted by molar-refractivity contribution is -0.135. The molecule has 0 N–H and O–H groups in total. The number of amides is 1. The molecule has 5 nitrogen and oxygen atoms in total. The number of carbonyl (C=O) groups excluding carboxylic acids is 1. The summed E-state index contributed by atoms with van der Waals surface area (Å²) in [5, 5.41) is 2.59. The van der Waals surface area contributed by atoms with E-state index in [4.69, 9.17) is 0 Å². The number of hydrogen-bond donors (Lipinski definition) is 0. The van der Waals surface area contributed by atoms with E-state index in [1.807, 2.05) is 40.6 Å². The van der Waals surface area contributed by atoms with E-state index < -0.39 is 0 Å². The minimum Gasteiger partial charge on any atom is -0.341 e. The number of hydrogen-bond acceptors (Lipinski definition) is 4. The van der Waals surface area contributed by atoms with Gasteiger partial charge in [-0.1, -0.05) is 49.6 Å². The van der Waals surface area contributed by atoms with Crippen LogP contribution >= 0.6 is 11.3 Å². The summed E-state index contributed by atoms with van der Waals surface area (Å²) in [7, 11) is 0. The van der Waals surface area contributed by atoms with E-state index in [-0.39, 0.29) is 18.0 Å². The normalized spacial score (nSPS) is 21.9. The molecule has 3 aromatic rings. The Bertz CT molecular complexity index is 1090. The van der Waals surface area contributed by atoms with Crippen LogP contribution in [-0.4, -0.2) is 33.4 Å². The molecule has 1 saturated carbocycles. The fraction of sp³-hybridized carbons (Fsp3) is 0.435. The van der Waals surface area contributed by atoms with Crippen molar-refractivity contribution in [3.05, 3.63) is 52.4 Å². The van der Waals surface area contributed by atoms with Gasteiger partial charge in [0.1, 0.15) is 11.4 Å². The third-order valence-corrected chi connectivity index (χ3v) is 7.48. The molecule has 2 fully saturated rings. The van der Waals surface area contributed by atoms with Crippen LogP contribution in [0.4, 0.5) is 0 Å². The molecule has 29 heavy (non-hydrogen) atoms. The van der Waals surface area contributed by atoms with Crippen LogP contribution in [0.2, 0.25) is 0 Å². The second-order valence-corrected chi connectivity index (χ2v) is 9.16. The molecule has 150 valence electrons. The van der Waals surface area contributed by atoms with Gasteiger partial charge in [0.05, 0.1) is 11.7 Å². The van der Waals surface area contributed by atoms with Crippen LogP contribution in [-0.2, 0) is 11.3 Å². The number of thiophene rings is 1. The number of likely N-dealkylation sites (tertiary alicyclic amines) is 1. The van der Waals surface area contributed by atoms with E-state index in [0.29, 0.717) is 11.3 Å². The zero-order valence-electron chi connectivity index (χ0n) is 16.4. The molecule has 1 aliphatic heterocycles. The van der Waals surface area contributed by atoms with Crippen molar-refractivity contribution in [3.8, 4) is 11.1 Å². The first-order valence-corrected chi connectivity index (χ1v) is 11.4. The first kappa shape index (κ1) is 18.6. The maximum Gasteiger partial charge on any atom is 0.263 e. The van der Waals surface area contributed by atoms with Gasteiger partial charge < -0.3 is 4.90 Å². The summed E-state index contributed by atoms with van der Waals surface area (Å²) in [6, 6.07) is 9.89. The highest BCUT2D eigenvalue weighted by Gasteiger charge is 2.33. The molecule has 0 spiro atoms. The van der Waals surface area contributed by atoms with Gasteiger partial charge in [-0.2, -0.15) is 0 Å². The van der Waals surface area contributed by atoms with Crippen LogP contribution in [0, 0.1) is 11.8 Å². The highest BCUT2D eigenvalue weighted by Crippen LogP contribution is 2.36. The first-order chi connectivity index (χ1) is 14.2. The van der Waals surface area contributed by atoms with E-state index in [0.717, 1.165) is 41.4 Å². The molecular weight excluding hydrogens is 382 g/mol. The summed E-state index contributed by atoms with van der Waals surface area (Å²) in [6.07, 6.45) is 7.79. The van der Waals surface area contributed by atoms with E-state index in [1.54, 1.807) is 0 Å². The molecule has 2 aliphatic rings. The third-order valence-electron chi connectivity index (χ3n) is 6.60. The molecule has 1 aromatic carbocycles. The standard InChI is InChI=1S/C23H25N3O2S/c27-20(25-11-10-16-6-4-5-9-18(16)12-25)13-26-15-24-22-21(23(26)28)19(14-29-22)17-7-2-1-3-8-17/h1-3,7-8,14-16,18H,4-6,9-13H2/t16-,18+/m1/s1. The highest BCUT2D eigenvalue weighted by molar-refractivity contribution is 7.17. The van der Waals surface area contributed by atoms with Crippen LogP contribution in [0.15, 0.2) is 46.8 Å². The van der Waals surface area contributed by atoms with E-state index in [9.17, 15) is 9.59 Å². The van der Waals surface area contributed by atoms with Crippen LogP contribution in [0.1, 0.15) is 32.1 Å². The second-order valence-electron chi connectivity index (χ2n) is 8.31. The zero-order valence-corrected chi connectivity index (χ0v) is 17.2. The number of fused-ring (bicyclic) bond motifs is 2. The Kier molecular flexibility index (Phi) is 4.96. The summed E-state index contributed by atoms with van der Waals surface area (Å²) in [5.74, 6) is 1.46. The van der Waals surface area contributed by atoms with Gasteiger partial charge in [0.25, 0.3) is 5.56 Å². The molecular formula is C23H25N3O2S. The number of carbonyl (C=O) groups is 1. The Morgan fingerprint density at radius 2 is 1.90 bits per heavy atom. The second kappa shape index (κ2) is 7.75. The van der Waals surface area contributed by atoms with Gasteiger partial charge in [-0.15, -0.1) is 11.3 Å². The SMILES string of the molecule is O=C(Cn1cnc2scc(-c3ccccc3)c2c1=O)N1CC[C@H]2CCCC[C@H]2C1. The number of nitrogens with zero attached hydrogens (tertiary/aromatic N) is 3. The van der Waals surface area contributed by atoms with Gasteiger partial charge in [0.15, 0.2) is 0 Å². The van der Waals surface area contributed by atoms with Gasteiger partial charge in [0.2, 0.25) is 5.91 Å². The molecule has 1 saturated heterocycles. The Morgan fingerprint density at radius 1 is 1.10 bits per heavy atom. The lowest BCUT2D eigenvalue weighted by Crippen LogP contribution is -2.46. The Balaban J connectivity index is 1.40. The molecule has 1 aliphatic carbocycles. The number of piperidine rings is 1. The maximum atomic E-state index is 13.2. The van der Waals surface area contributed by atoms with Crippen molar-refractivity contribution in [2.45, 2.75) is 38.6 Å². The minimum absolute atomic E-state index is 0.0359. The summed E-state index contributed by atoms with van der Waals surface area (Å²) < 4.78 is 1.48. The molecule has 0 unspecified atom stereocenters. The molecule has 2 aromatic heterocycles. The largest absolute Gasteiger partial charge is 0.341 e. The zero-order chi connectivity index (χ0) is 19.8. The maximum absolute atomic E-state index is 13.2. The van der Waals surface area contributed by atoms with Gasteiger partial charge in [0, 0.05) is 24.0 Å². The molecule has 6 heteroatoms. The average molecular weight is 408 g/mol. The van der Waals surface area contributed by atoms with Crippen LogP contribution < -0.4 is 5.56 Å². The van der Waals surface area contributed by atoms with Crippen molar-refractivity contribution in [1.82, 2.24) is 14.5 Å². The van der Waals surface area contributed by atoms with Gasteiger partial charge >= 0.3 is 0 Å². The molecule has 2 atom stereocenters. The van der Waals surface area contributed by atoms with E-state index in [2.05, 4.69) is 4.98 Å². The first-order valence-electron chi connectivity index (χ1n) is 10.5. The monoisotopic (exact) mass is 407 g/mol. The van der Waals surface area contributed by atoms with E-state index >= 15 is 0 Å². The van der Waals surface area contributed by atoms with Gasteiger partial charge in [-0.05, 0) is 30.2 Å². The van der Waals surface area contributed by atoms with Crippen molar-refractivity contribution < 1.29 is 4.79 Å². The Morgan fingerprint density at radius 3 is 2.72 bits per heavy atom. The Labute approximate surface area is 174 Å². The van der Waals surface area contributed by atoms with Crippen LogP contribution in [0.5, 0.6) is 0 Å². The van der Waals surface area contributed by atoms with Crippen LogP contribution in [0.25, 0.3) is 21.3 Å². The summed E-state index contributed by atoms with van der Waals surface area (Å²) in [6.45, 7) is 1.74. The van der Waals surface area contributed by atoms with Crippen molar-refractivity contribution >= 4 is 27.5 Å². The molecule has 3 heterocycles. The predicted molar refractivity (Wildman–Crippen MR) is 116 cm³/mol. The van der Waals surface area contributed by atoms with Crippen molar-refractivity contribution in [3.63, 3.8) is 0 Å². The van der Waals surface area contributed by atoms with Crippen molar-refractivity contribution in [2.75, 3.05) is 13.1 Å².